The van der Waals surface area contributed by atoms with Crippen LogP contribution in [0.2, 0.25) is 5.02 Å². The van der Waals surface area contributed by atoms with Gasteiger partial charge in [-0.15, -0.1) is 0 Å². The number of carboxylic acid groups (broad SMARTS) is 1. The molecule has 0 atom stereocenters. The number of hydrogen-bond acceptors (Lipinski definition) is 5. The molecule has 0 aliphatic rings. The second-order valence-corrected chi connectivity index (χ2v) is 7.86. The minimum Gasteiger partial charge on any atom is -0.493 e. The molecule has 0 radical (unpaired) electrons. The maximum atomic E-state index is 13.1. The largest absolute Gasteiger partial charge is 0.493 e. The van der Waals surface area contributed by atoms with Crippen molar-refractivity contribution in [2.24, 2.45) is 0 Å². The molecule has 3 rings (SSSR count). The summed E-state index contributed by atoms with van der Waals surface area (Å²) in [5.41, 5.74) is 1.84. The summed E-state index contributed by atoms with van der Waals surface area (Å²) in [6.07, 6.45) is 0.575. The first-order valence-electron chi connectivity index (χ1n) is 10.6. The van der Waals surface area contributed by atoms with E-state index in [1.54, 1.807) is 19.1 Å². The first-order valence-corrected chi connectivity index (χ1v) is 11.0. The van der Waals surface area contributed by atoms with Gasteiger partial charge in [0.2, 0.25) is 0 Å². The lowest BCUT2D eigenvalue weighted by Crippen LogP contribution is -2.36. The molecular weight excluding hydrogens is 458 g/mol. The fourth-order valence-electron chi connectivity index (χ4n) is 3.45. The highest BCUT2D eigenvalue weighted by atomic mass is 35.5. The van der Waals surface area contributed by atoms with Gasteiger partial charge in [-0.1, -0.05) is 54.1 Å². The fraction of sp³-hybridized carbons (Fsp3) is 0.231. The van der Waals surface area contributed by atoms with Crippen molar-refractivity contribution in [1.29, 1.82) is 0 Å². The smallest absolute Gasteiger partial charge is 0.339 e. The van der Waals surface area contributed by atoms with Crippen molar-refractivity contribution in [2.45, 2.75) is 13.0 Å². The van der Waals surface area contributed by atoms with E-state index in [0.29, 0.717) is 31.0 Å². The van der Waals surface area contributed by atoms with E-state index in [9.17, 15) is 14.7 Å². The van der Waals surface area contributed by atoms with Gasteiger partial charge in [0.1, 0.15) is 5.56 Å². The van der Waals surface area contributed by atoms with Crippen LogP contribution >= 0.6 is 11.6 Å². The Labute approximate surface area is 203 Å². The quantitative estimate of drug-likeness (QED) is 0.425. The summed E-state index contributed by atoms with van der Waals surface area (Å²) in [6.45, 7) is 0.453. The molecular formula is C26H26ClNO6. The molecule has 3 aromatic rings. The van der Waals surface area contributed by atoms with Crippen molar-refractivity contribution in [1.82, 2.24) is 4.90 Å². The molecule has 8 heteroatoms. The van der Waals surface area contributed by atoms with E-state index < -0.39 is 5.97 Å². The molecule has 0 saturated heterocycles. The van der Waals surface area contributed by atoms with Crippen LogP contribution in [0.4, 0.5) is 0 Å². The fourth-order valence-corrected chi connectivity index (χ4v) is 3.67. The van der Waals surface area contributed by atoms with Crippen LogP contribution < -0.4 is 14.2 Å². The minimum atomic E-state index is -1.18. The van der Waals surface area contributed by atoms with Crippen molar-refractivity contribution >= 4 is 23.5 Å². The SMILES string of the molecule is COc1ccc(CCN(Cc2ccccc2)C(=O)COc2c(Cl)cccc2C(=O)O)cc1OC. The molecule has 0 aromatic heterocycles. The monoisotopic (exact) mass is 483 g/mol. The Morgan fingerprint density at radius 2 is 1.65 bits per heavy atom. The minimum absolute atomic E-state index is 0.0235. The number of rotatable bonds is 11. The summed E-state index contributed by atoms with van der Waals surface area (Å²) < 4.78 is 16.2. The van der Waals surface area contributed by atoms with E-state index in [1.807, 2.05) is 48.5 Å². The Morgan fingerprint density at radius 3 is 2.32 bits per heavy atom. The third-order valence-corrected chi connectivity index (χ3v) is 5.52. The molecule has 0 saturated carbocycles. The van der Waals surface area contributed by atoms with Crippen LogP contribution in [0.3, 0.4) is 0 Å². The average Bonchev–Trinajstić information content (AvgIpc) is 2.85. The van der Waals surface area contributed by atoms with Gasteiger partial charge in [-0.05, 0) is 41.8 Å². The van der Waals surface area contributed by atoms with Gasteiger partial charge in [0.15, 0.2) is 23.9 Å². The van der Waals surface area contributed by atoms with Crippen LogP contribution in [0, 0.1) is 0 Å². The Balaban J connectivity index is 1.75. The van der Waals surface area contributed by atoms with Crippen molar-refractivity contribution in [3.63, 3.8) is 0 Å². The summed E-state index contributed by atoms with van der Waals surface area (Å²) in [5, 5.41) is 9.53. The van der Waals surface area contributed by atoms with Gasteiger partial charge in [-0.25, -0.2) is 4.79 Å². The Hall–Kier alpha value is -3.71. The van der Waals surface area contributed by atoms with Crippen molar-refractivity contribution < 1.29 is 28.9 Å². The van der Waals surface area contributed by atoms with E-state index in [1.165, 1.54) is 18.2 Å². The molecule has 0 aliphatic heterocycles. The van der Waals surface area contributed by atoms with Gasteiger partial charge in [-0.3, -0.25) is 4.79 Å². The molecule has 3 aromatic carbocycles. The number of carbonyl (C=O) groups excluding carboxylic acids is 1. The second kappa shape index (κ2) is 12.0. The summed E-state index contributed by atoms with van der Waals surface area (Å²) in [7, 11) is 3.15. The number of para-hydroxylation sites is 1. The second-order valence-electron chi connectivity index (χ2n) is 7.45. The summed E-state index contributed by atoms with van der Waals surface area (Å²) >= 11 is 6.13. The highest BCUT2D eigenvalue weighted by molar-refractivity contribution is 6.32. The van der Waals surface area contributed by atoms with Gasteiger partial charge in [0, 0.05) is 13.1 Å². The predicted molar refractivity (Wildman–Crippen MR) is 129 cm³/mol. The van der Waals surface area contributed by atoms with Gasteiger partial charge in [0.25, 0.3) is 5.91 Å². The predicted octanol–water partition coefficient (Wildman–Crippen LogP) is 4.71. The number of amides is 1. The highest BCUT2D eigenvalue weighted by Gasteiger charge is 2.19. The number of aromatic carboxylic acids is 1. The van der Waals surface area contributed by atoms with Crippen LogP contribution in [-0.4, -0.2) is 49.3 Å². The number of methoxy groups -OCH3 is 2. The maximum absolute atomic E-state index is 13.1. The molecule has 0 fully saturated rings. The van der Waals surface area contributed by atoms with E-state index in [0.717, 1.165) is 11.1 Å². The molecule has 0 spiro atoms. The number of carbonyl (C=O) groups is 2. The van der Waals surface area contributed by atoms with Crippen LogP contribution in [0.15, 0.2) is 66.7 Å². The Morgan fingerprint density at radius 1 is 0.912 bits per heavy atom. The zero-order valence-corrected chi connectivity index (χ0v) is 19.7. The maximum Gasteiger partial charge on any atom is 0.339 e. The third kappa shape index (κ3) is 6.42. The number of carboxylic acids is 1. The van der Waals surface area contributed by atoms with E-state index in [2.05, 4.69) is 0 Å². The molecule has 1 N–H and O–H groups in total. The zero-order chi connectivity index (χ0) is 24.5. The summed E-state index contributed by atoms with van der Waals surface area (Å²) in [5.74, 6) is -0.250. The Kier molecular flexibility index (Phi) is 8.76. The van der Waals surface area contributed by atoms with Crippen molar-refractivity contribution in [3.8, 4) is 17.2 Å². The molecule has 0 bridgehead atoms. The number of hydrogen-bond donors (Lipinski definition) is 1. The first-order chi connectivity index (χ1) is 16.4. The third-order valence-electron chi connectivity index (χ3n) is 5.22. The van der Waals surface area contributed by atoms with E-state index in [4.69, 9.17) is 25.8 Å². The van der Waals surface area contributed by atoms with Crippen LogP contribution in [0.25, 0.3) is 0 Å². The molecule has 34 heavy (non-hydrogen) atoms. The number of benzene rings is 3. The van der Waals surface area contributed by atoms with Gasteiger partial charge in [0.05, 0.1) is 19.2 Å². The lowest BCUT2D eigenvalue weighted by molar-refractivity contribution is -0.134. The van der Waals surface area contributed by atoms with Crippen molar-refractivity contribution in [3.05, 3.63) is 88.4 Å². The molecule has 0 unspecified atom stereocenters. The van der Waals surface area contributed by atoms with Crippen LogP contribution in [-0.2, 0) is 17.8 Å². The van der Waals surface area contributed by atoms with Gasteiger partial charge in [-0.2, -0.15) is 0 Å². The van der Waals surface area contributed by atoms with Crippen molar-refractivity contribution in [2.75, 3.05) is 27.4 Å². The number of nitrogens with zero attached hydrogens (tertiary/aromatic N) is 1. The van der Waals surface area contributed by atoms with E-state index >= 15 is 0 Å². The zero-order valence-electron chi connectivity index (χ0n) is 19.0. The van der Waals surface area contributed by atoms with E-state index in [-0.39, 0.29) is 28.8 Å². The first kappa shape index (κ1) is 24.9. The van der Waals surface area contributed by atoms with Crippen LogP contribution in [0.1, 0.15) is 21.5 Å². The lowest BCUT2D eigenvalue weighted by atomic mass is 10.1. The summed E-state index contributed by atoms with van der Waals surface area (Å²) in [4.78, 5) is 26.3. The standard InChI is InChI=1S/C26H26ClNO6/c1-32-22-12-11-18(15-23(22)33-2)13-14-28(16-19-7-4-3-5-8-19)24(29)17-34-25-20(26(30)31)9-6-10-21(25)27/h3-12,15H,13-14,16-17H2,1-2H3,(H,30,31). The summed E-state index contributed by atoms with van der Waals surface area (Å²) in [6, 6.07) is 19.7. The van der Waals surface area contributed by atoms with Crippen LogP contribution in [0.5, 0.6) is 17.2 Å². The van der Waals surface area contributed by atoms with Gasteiger partial charge >= 0.3 is 5.97 Å². The number of ether oxygens (including phenoxy) is 3. The molecule has 178 valence electrons. The number of halogens is 1. The molecule has 0 aliphatic carbocycles. The Bertz CT molecular complexity index is 1140. The normalized spacial score (nSPS) is 10.4. The highest BCUT2D eigenvalue weighted by Crippen LogP contribution is 2.29. The molecule has 0 heterocycles. The topological polar surface area (TPSA) is 85.3 Å². The molecule has 7 nitrogen and oxygen atoms in total. The molecule has 1 amide bonds. The average molecular weight is 484 g/mol. The lowest BCUT2D eigenvalue weighted by Gasteiger charge is -2.24. The van der Waals surface area contributed by atoms with Gasteiger partial charge < -0.3 is 24.2 Å².